The average molecular weight is 194 g/mol. The largest absolute Gasteiger partial charge is 0.494 e. The van der Waals surface area contributed by atoms with Crippen LogP contribution in [0, 0.1) is 5.82 Å². The highest BCUT2D eigenvalue weighted by atomic mass is 19.1. The van der Waals surface area contributed by atoms with Gasteiger partial charge in [0.1, 0.15) is 12.4 Å². The van der Waals surface area contributed by atoms with E-state index in [2.05, 4.69) is 6.92 Å². The fourth-order valence-electron chi connectivity index (χ4n) is 1.12. The molecule has 14 heavy (non-hydrogen) atoms. The Morgan fingerprint density at radius 1 is 1.36 bits per heavy atom. The van der Waals surface area contributed by atoms with Gasteiger partial charge in [-0.25, -0.2) is 4.39 Å². The fraction of sp³-hybridized carbons (Fsp3) is 0.333. The first-order chi connectivity index (χ1) is 6.72. The number of hydrogen-bond acceptors (Lipinski definition) is 1. The van der Waals surface area contributed by atoms with Crippen LogP contribution in [0.25, 0.3) is 0 Å². The minimum Gasteiger partial charge on any atom is -0.494 e. The van der Waals surface area contributed by atoms with Gasteiger partial charge < -0.3 is 4.74 Å². The lowest BCUT2D eigenvalue weighted by Gasteiger charge is -2.05. The Morgan fingerprint density at radius 3 is 2.57 bits per heavy atom. The Kier molecular flexibility index (Phi) is 4.17. The normalized spacial score (nSPS) is 11.5. The molecule has 0 atom stereocenters. The smallest absolute Gasteiger partial charge is 0.123 e. The van der Waals surface area contributed by atoms with Crippen molar-refractivity contribution in [3.05, 3.63) is 47.5 Å². The zero-order valence-corrected chi connectivity index (χ0v) is 8.59. The Morgan fingerprint density at radius 2 is 2.00 bits per heavy atom. The molecule has 1 rings (SSSR count). The summed E-state index contributed by atoms with van der Waals surface area (Å²) < 4.78 is 18.0. The molecule has 2 heteroatoms. The lowest BCUT2D eigenvalue weighted by Crippen LogP contribution is -1.90. The van der Waals surface area contributed by atoms with Crippen LogP contribution in [-0.4, -0.2) is 0 Å². The van der Waals surface area contributed by atoms with Gasteiger partial charge in [-0.1, -0.05) is 19.1 Å². The van der Waals surface area contributed by atoms with Gasteiger partial charge in [0.05, 0.1) is 5.76 Å². The summed E-state index contributed by atoms with van der Waals surface area (Å²) in [5.74, 6) is 0.700. The molecular formula is C12H15FO. The molecule has 0 saturated carbocycles. The molecule has 0 heterocycles. The number of halogens is 1. The monoisotopic (exact) mass is 194 g/mol. The van der Waals surface area contributed by atoms with Gasteiger partial charge in [0, 0.05) is 0 Å². The third kappa shape index (κ3) is 3.60. The topological polar surface area (TPSA) is 9.23 Å². The minimum atomic E-state index is -0.213. The van der Waals surface area contributed by atoms with E-state index in [-0.39, 0.29) is 5.82 Å². The van der Waals surface area contributed by atoms with Crippen LogP contribution in [0.5, 0.6) is 0 Å². The van der Waals surface area contributed by atoms with Gasteiger partial charge in [-0.3, -0.25) is 0 Å². The Labute approximate surface area is 84.2 Å². The van der Waals surface area contributed by atoms with E-state index in [1.165, 1.54) is 12.1 Å². The van der Waals surface area contributed by atoms with E-state index < -0.39 is 0 Å². The summed E-state index contributed by atoms with van der Waals surface area (Å²) in [6, 6.07) is 6.35. The number of hydrogen-bond donors (Lipinski definition) is 0. The lowest BCUT2D eigenvalue weighted by atomic mass is 10.2. The van der Waals surface area contributed by atoms with E-state index in [0.717, 1.165) is 17.7 Å². The van der Waals surface area contributed by atoms with Gasteiger partial charge in [0.15, 0.2) is 0 Å². The van der Waals surface area contributed by atoms with Gasteiger partial charge in [-0.2, -0.15) is 0 Å². The van der Waals surface area contributed by atoms with Crippen LogP contribution < -0.4 is 0 Å². The Balaban J connectivity index is 2.46. The molecule has 0 aromatic heterocycles. The van der Waals surface area contributed by atoms with Gasteiger partial charge in [0.25, 0.3) is 0 Å². The summed E-state index contributed by atoms with van der Waals surface area (Å²) in [5, 5.41) is 0. The van der Waals surface area contributed by atoms with Crippen LogP contribution in [0.4, 0.5) is 4.39 Å². The maximum atomic E-state index is 12.6. The van der Waals surface area contributed by atoms with E-state index in [9.17, 15) is 4.39 Å². The molecule has 1 aromatic carbocycles. The molecule has 0 aliphatic rings. The molecule has 0 spiro atoms. The second kappa shape index (κ2) is 5.43. The predicted octanol–water partition coefficient (Wildman–Crippen LogP) is 3.66. The molecule has 1 aromatic rings. The van der Waals surface area contributed by atoms with Crippen molar-refractivity contribution in [2.45, 2.75) is 26.9 Å². The SMILES string of the molecule is CC/C=C(/C)OCc1ccc(F)cc1. The average Bonchev–Trinajstić information content (AvgIpc) is 2.17. The van der Waals surface area contributed by atoms with Gasteiger partial charge >= 0.3 is 0 Å². The predicted molar refractivity (Wildman–Crippen MR) is 55.2 cm³/mol. The van der Waals surface area contributed by atoms with E-state index in [0.29, 0.717) is 6.61 Å². The van der Waals surface area contributed by atoms with E-state index >= 15 is 0 Å². The number of allylic oxidation sites excluding steroid dienone is 2. The van der Waals surface area contributed by atoms with E-state index in [1.54, 1.807) is 12.1 Å². The third-order valence-electron chi connectivity index (χ3n) is 1.87. The summed E-state index contributed by atoms with van der Waals surface area (Å²) in [4.78, 5) is 0. The molecule has 0 radical (unpaired) electrons. The molecule has 0 N–H and O–H groups in total. The van der Waals surface area contributed by atoms with Gasteiger partial charge in [-0.05, 0) is 37.1 Å². The second-order valence-corrected chi connectivity index (χ2v) is 3.14. The van der Waals surface area contributed by atoms with Crippen LogP contribution in [0.1, 0.15) is 25.8 Å². The quantitative estimate of drug-likeness (QED) is 0.665. The summed E-state index contributed by atoms with van der Waals surface area (Å²) in [5.41, 5.74) is 0.982. The first-order valence-corrected chi connectivity index (χ1v) is 4.76. The summed E-state index contributed by atoms with van der Waals surface area (Å²) in [6.45, 7) is 4.49. The molecule has 1 nitrogen and oxygen atoms in total. The fourth-order valence-corrected chi connectivity index (χ4v) is 1.12. The first-order valence-electron chi connectivity index (χ1n) is 4.76. The zero-order chi connectivity index (χ0) is 10.4. The number of benzene rings is 1. The van der Waals surface area contributed by atoms with Crippen LogP contribution in [-0.2, 0) is 11.3 Å². The van der Waals surface area contributed by atoms with Crippen molar-refractivity contribution >= 4 is 0 Å². The molecule has 0 saturated heterocycles. The standard InChI is InChI=1S/C12H15FO/c1-3-4-10(2)14-9-11-5-7-12(13)8-6-11/h4-8H,3,9H2,1-2H3/b10-4-. The van der Waals surface area contributed by atoms with Crippen molar-refractivity contribution in [2.75, 3.05) is 0 Å². The molecule has 0 aliphatic heterocycles. The van der Waals surface area contributed by atoms with Crippen LogP contribution >= 0.6 is 0 Å². The molecule has 0 fully saturated rings. The van der Waals surface area contributed by atoms with Crippen molar-refractivity contribution in [1.29, 1.82) is 0 Å². The summed E-state index contributed by atoms with van der Waals surface area (Å²) >= 11 is 0. The van der Waals surface area contributed by atoms with Crippen molar-refractivity contribution in [1.82, 2.24) is 0 Å². The van der Waals surface area contributed by atoms with E-state index in [4.69, 9.17) is 4.74 Å². The van der Waals surface area contributed by atoms with Crippen molar-refractivity contribution in [2.24, 2.45) is 0 Å². The Bertz CT molecular complexity index is 301. The van der Waals surface area contributed by atoms with Crippen molar-refractivity contribution in [3.8, 4) is 0 Å². The van der Waals surface area contributed by atoms with E-state index in [1.807, 2.05) is 13.0 Å². The minimum absolute atomic E-state index is 0.213. The van der Waals surface area contributed by atoms with Crippen molar-refractivity contribution < 1.29 is 9.13 Å². The van der Waals surface area contributed by atoms with Gasteiger partial charge in [-0.15, -0.1) is 0 Å². The lowest BCUT2D eigenvalue weighted by molar-refractivity contribution is 0.199. The molecule has 0 unspecified atom stereocenters. The zero-order valence-electron chi connectivity index (χ0n) is 8.59. The number of ether oxygens (including phenoxy) is 1. The maximum Gasteiger partial charge on any atom is 0.123 e. The molecule has 76 valence electrons. The molecular weight excluding hydrogens is 179 g/mol. The highest BCUT2D eigenvalue weighted by molar-refractivity contribution is 5.15. The molecule has 0 bridgehead atoms. The van der Waals surface area contributed by atoms with Gasteiger partial charge in [0.2, 0.25) is 0 Å². The molecule has 0 aliphatic carbocycles. The third-order valence-corrected chi connectivity index (χ3v) is 1.87. The van der Waals surface area contributed by atoms with Crippen LogP contribution in [0.15, 0.2) is 36.1 Å². The highest BCUT2D eigenvalue weighted by Crippen LogP contribution is 2.07. The summed E-state index contributed by atoms with van der Waals surface area (Å²) in [7, 11) is 0. The van der Waals surface area contributed by atoms with Crippen LogP contribution in [0.3, 0.4) is 0 Å². The highest BCUT2D eigenvalue weighted by Gasteiger charge is 1.94. The second-order valence-electron chi connectivity index (χ2n) is 3.14. The maximum absolute atomic E-state index is 12.6. The Hall–Kier alpha value is -1.31. The molecule has 0 amide bonds. The van der Waals surface area contributed by atoms with Crippen molar-refractivity contribution in [3.63, 3.8) is 0 Å². The van der Waals surface area contributed by atoms with Crippen LogP contribution in [0.2, 0.25) is 0 Å². The summed E-state index contributed by atoms with van der Waals surface area (Å²) in [6.07, 6.45) is 2.98. The number of rotatable bonds is 4. The first kappa shape index (κ1) is 10.8.